The normalized spacial score (nSPS) is 25.8. The van der Waals surface area contributed by atoms with Crippen LogP contribution < -0.4 is 10.6 Å². The summed E-state index contributed by atoms with van der Waals surface area (Å²) >= 11 is 0. The Balaban J connectivity index is 1.29. The molecule has 1 heterocycles. The molecule has 39 heavy (non-hydrogen) atoms. The van der Waals surface area contributed by atoms with E-state index in [1.54, 1.807) is 0 Å². The number of hydrogen-bond donors (Lipinski definition) is 2. The van der Waals surface area contributed by atoms with Crippen LogP contribution in [-0.4, -0.2) is 42.4 Å². The zero-order chi connectivity index (χ0) is 28.5. The largest absolute Gasteiger partial charge is 0.416 e. The second-order valence-corrected chi connectivity index (χ2v) is 9.97. The second kappa shape index (κ2) is 10.8. The van der Waals surface area contributed by atoms with E-state index in [-0.39, 0.29) is 30.4 Å². The average molecular weight is 559 g/mol. The molecule has 0 bridgehead atoms. The van der Waals surface area contributed by atoms with Crippen LogP contribution in [0, 0.1) is 0 Å². The Kier molecular flexibility index (Phi) is 8.00. The van der Waals surface area contributed by atoms with Crippen LogP contribution in [0.1, 0.15) is 70.9 Å². The molecule has 1 aliphatic heterocycles. The molecule has 1 saturated carbocycles. The molecule has 1 aliphatic carbocycles. The third kappa shape index (κ3) is 6.73. The first-order chi connectivity index (χ1) is 18.2. The summed E-state index contributed by atoms with van der Waals surface area (Å²) in [5.41, 5.74) is -2.32. The van der Waals surface area contributed by atoms with Gasteiger partial charge >= 0.3 is 12.4 Å². The van der Waals surface area contributed by atoms with Gasteiger partial charge in [-0.05, 0) is 67.8 Å². The fraction of sp³-hybridized carbons (Fsp3) is 0.481. The van der Waals surface area contributed by atoms with Crippen molar-refractivity contribution < 1.29 is 45.4 Å². The lowest BCUT2D eigenvalue weighted by molar-refractivity contribution is -0.303. The van der Waals surface area contributed by atoms with Gasteiger partial charge in [-0.2, -0.15) is 26.3 Å². The molecule has 2 fully saturated rings. The van der Waals surface area contributed by atoms with Gasteiger partial charge in [-0.1, -0.05) is 6.92 Å². The molecule has 0 atom stereocenters. The van der Waals surface area contributed by atoms with E-state index in [2.05, 4.69) is 10.6 Å². The van der Waals surface area contributed by atoms with Gasteiger partial charge in [0.2, 0.25) is 0 Å². The first-order valence-corrected chi connectivity index (χ1v) is 12.5. The Labute approximate surface area is 221 Å². The molecule has 4 rings (SSSR count). The molecule has 2 amide bonds. The monoisotopic (exact) mass is 558 g/mol. The molecule has 2 aromatic carbocycles. The smallest absolute Gasteiger partial charge is 0.349 e. The summed E-state index contributed by atoms with van der Waals surface area (Å²) in [4.78, 5) is 25.2. The van der Waals surface area contributed by atoms with E-state index in [0.29, 0.717) is 32.1 Å². The van der Waals surface area contributed by atoms with Crippen LogP contribution in [0.25, 0.3) is 0 Å². The van der Waals surface area contributed by atoms with Crippen LogP contribution in [0.3, 0.4) is 0 Å². The summed E-state index contributed by atoms with van der Waals surface area (Å²) in [5, 5.41) is 5.69. The molecule has 2 aliphatic rings. The van der Waals surface area contributed by atoms with Gasteiger partial charge in [0.1, 0.15) is 0 Å². The summed E-state index contributed by atoms with van der Waals surface area (Å²) in [5.74, 6) is -1.90. The number of rotatable bonds is 5. The standard InChI is InChI=1S/C27H28F6N2O4/c1-2-24(35-23(37)18-5-9-20(10-6-18)27(31,32)33)15-38-25(39-16-24)13-11-21(12-14-25)34-22(36)17-3-7-19(8-4-17)26(28,29)30/h3-10,21H,2,11-16H2,1H3,(H,34,36)(H,35,37). The van der Waals surface area contributed by atoms with Crippen molar-refractivity contribution >= 4 is 11.8 Å². The van der Waals surface area contributed by atoms with Crippen molar-refractivity contribution in [2.75, 3.05) is 13.2 Å². The number of nitrogens with one attached hydrogen (secondary N) is 2. The van der Waals surface area contributed by atoms with E-state index in [4.69, 9.17) is 9.47 Å². The Bertz CT molecular complexity index is 1160. The van der Waals surface area contributed by atoms with E-state index >= 15 is 0 Å². The van der Waals surface area contributed by atoms with Crippen LogP contribution in [-0.2, 0) is 21.8 Å². The lowest BCUT2D eigenvalue weighted by atomic mass is 9.87. The van der Waals surface area contributed by atoms with Crippen molar-refractivity contribution in [3.05, 3.63) is 70.8 Å². The Morgan fingerprint density at radius 2 is 1.23 bits per heavy atom. The van der Waals surface area contributed by atoms with Gasteiger partial charge in [0.05, 0.1) is 29.9 Å². The van der Waals surface area contributed by atoms with Gasteiger partial charge in [0.25, 0.3) is 11.8 Å². The first-order valence-electron chi connectivity index (χ1n) is 12.5. The van der Waals surface area contributed by atoms with Gasteiger partial charge in [-0.15, -0.1) is 0 Å². The van der Waals surface area contributed by atoms with Crippen LogP contribution in [0.2, 0.25) is 0 Å². The number of amides is 2. The molecular weight excluding hydrogens is 530 g/mol. The molecule has 0 unspecified atom stereocenters. The van der Waals surface area contributed by atoms with E-state index in [1.807, 2.05) is 6.92 Å². The van der Waals surface area contributed by atoms with Crippen molar-refractivity contribution in [3.63, 3.8) is 0 Å². The van der Waals surface area contributed by atoms with E-state index < -0.39 is 46.6 Å². The van der Waals surface area contributed by atoms with Crippen LogP contribution in [0.4, 0.5) is 26.3 Å². The fourth-order valence-corrected chi connectivity index (χ4v) is 4.68. The van der Waals surface area contributed by atoms with Gasteiger partial charge in [0.15, 0.2) is 5.79 Å². The van der Waals surface area contributed by atoms with Crippen molar-refractivity contribution in [3.8, 4) is 0 Å². The summed E-state index contributed by atoms with van der Waals surface area (Å²) in [6.45, 7) is 2.11. The third-order valence-corrected chi connectivity index (χ3v) is 7.31. The number of alkyl halides is 6. The summed E-state index contributed by atoms with van der Waals surface area (Å²) in [6.07, 6.45) is -6.57. The minimum atomic E-state index is -4.50. The summed E-state index contributed by atoms with van der Waals surface area (Å²) in [7, 11) is 0. The van der Waals surface area contributed by atoms with E-state index in [0.717, 1.165) is 48.5 Å². The highest BCUT2D eigenvalue weighted by molar-refractivity contribution is 5.95. The lowest BCUT2D eigenvalue weighted by Crippen LogP contribution is -2.62. The zero-order valence-corrected chi connectivity index (χ0v) is 21.0. The van der Waals surface area contributed by atoms with Gasteiger partial charge in [-0.25, -0.2) is 0 Å². The number of carbonyl (C=O) groups excluding carboxylic acids is 2. The van der Waals surface area contributed by atoms with Crippen LogP contribution >= 0.6 is 0 Å². The zero-order valence-electron chi connectivity index (χ0n) is 21.0. The van der Waals surface area contributed by atoms with Crippen molar-refractivity contribution in [2.24, 2.45) is 0 Å². The van der Waals surface area contributed by atoms with Crippen LogP contribution in [0.15, 0.2) is 48.5 Å². The van der Waals surface area contributed by atoms with Crippen molar-refractivity contribution in [1.82, 2.24) is 10.6 Å². The Morgan fingerprint density at radius 1 is 0.795 bits per heavy atom. The molecule has 2 aromatic rings. The Morgan fingerprint density at radius 3 is 1.64 bits per heavy atom. The predicted octanol–water partition coefficient (Wildman–Crippen LogP) is 5.72. The molecule has 0 radical (unpaired) electrons. The minimum absolute atomic E-state index is 0.0837. The van der Waals surface area contributed by atoms with E-state index in [1.165, 1.54) is 0 Å². The van der Waals surface area contributed by atoms with Crippen molar-refractivity contribution in [2.45, 2.75) is 68.7 Å². The first kappa shape index (κ1) is 28.9. The number of halogens is 6. The molecule has 0 aromatic heterocycles. The molecule has 6 nitrogen and oxygen atoms in total. The predicted molar refractivity (Wildman–Crippen MR) is 128 cm³/mol. The molecule has 212 valence electrons. The number of carbonyl (C=O) groups is 2. The third-order valence-electron chi connectivity index (χ3n) is 7.31. The maximum absolute atomic E-state index is 12.8. The van der Waals surface area contributed by atoms with Gasteiger partial charge < -0.3 is 20.1 Å². The SMILES string of the molecule is CCC1(NC(=O)c2ccc(C(F)(F)F)cc2)COC2(CCC(NC(=O)c3ccc(C(F)(F)F)cc3)CC2)OC1. The van der Waals surface area contributed by atoms with Gasteiger partial charge in [0, 0.05) is 30.0 Å². The quantitative estimate of drug-likeness (QED) is 0.461. The highest BCUT2D eigenvalue weighted by atomic mass is 19.4. The molecular formula is C27H28F6N2O4. The number of hydrogen-bond acceptors (Lipinski definition) is 4. The molecule has 2 N–H and O–H groups in total. The lowest BCUT2D eigenvalue weighted by Gasteiger charge is -2.48. The Hall–Kier alpha value is -3.12. The summed E-state index contributed by atoms with van der Waals surface area (Å²) in [6, 6.07) is 7.74. The topological polar surface area (TPSA) is 76.7 Å². The molecule has 1 saturated heterocycles. The van der Waals surface area contributed by atoms with E-state index in [9.17, 15) is 35.9 Å². The molecule has 12 heteroatoms. The second-order valence-electron chi connectivity index (χ2n) is 9.97. The number of ether oxygens (including phenoxy) is 2. The number of benzene rings is 2. The fourth-order valence-electron chi connectivity index (χ4n) is 4.68. The van der Waals surface area contributed by atoms with Crippen LogP contribution in [0.5, 0.6) is 0 Å². The van der Waals surface area contributed by atoms with Gasteiger partial charge in [-0.3, -0.25) is 9.59 Å². The molecule has 1 spiro atoms. The summed E-state index contributed by atoms with van der Waals surface area (Å²) < 4.78 is 88.9. The maximum atomic E-state index is 12.8. The minimum Gasteiger partial charge on any atom is -0.349 e. The average Bonchev–Trinajstić information content (AvgIpc) is 2.91. The van der Waals surface area contributed by atoms with Crippen molar-refractivity contribution in [1.29, 1.82) is 0 Å². The highest BCUT2D eigenvalue weighted by Gasteiger charge is 2.47. The maximum Gasteiger partial charge on any atom is 0.416 e. The highest BCUT2D eigenvalue weighted by Crippen LogP contribution is 2.38.